The van der Waals surface area contributed by atoms with E-state index in [0.717, 1.165) is 11.8 Å². The Labute approximate surface area is 179 Å². The van der Waals surface area contributed by atoms with Gasteiger partial charge in [0.05, 0.1) is 0 Å². The van der Waals surface area contributed by atoms with Crippen LogP contribution in [-0.4, -0.2) is 46.3 Å². The summed E-state index contributed by atoms with van der Waals surface area (Å²) in [5.74, 6) is -0.336. The SMILES string of the molecule is N=CC(=CN)c1ccncc1/C=C/C(=O)Nc1ccc(CNCC(O)C[N+](=O)[O-])cc1. The van der Waals surface area contributed by atoms with Crippen LogP contribution in [0.5, 0.6) is 0 Å². The molecule has 2 aromatic rings. The second kappa shape index (κ2) is 12.0. The monoisotopic (exact) mass is 424 g/mol. The second-order valence-corrected chi connectivity index (χ2v) is 6.55. The number of nitrogens with one attached hydrogen (secondary N) is 3. The number of pyridine rings is 1. The van der Waals surface area contributed by atoms with Crippen LogP contribution < -0.4 is 16.4 Å². The lowest BCUT2D eigenvalue weighted by Gasteiger charge is -2.09. The van der Waals surface area contributed by atoms with Crippen molar-refractivity contribution >= 4 is 29.5 Å². The van der Waals surface area contributed by atoms with Crippen molar-refractivity contribution in [2.24, 2.45) is 5.73 Å². The highest BCUT2D eigenvalue weighted by atomic mass is 16.6. The Hall–Kier alpha value is -3.89. The van der Waals surface area contributed by atoms with Crippen LogP contribution in [0.1, 0.15) is 16.7 Å². The van der Waals surface area contributed by atoms with Gasteiger partial charge in [0, 0.05) is 65.7 Å². The summed E-state index contributed by atoms with van der Waals surface area (Å²) in [6.07, 6.45) is 7.53. The third kappa shape index (κ3) is 7.80. The highest BCUT2D eigenvalue weighted by Crippen LogP contribution is 2.17. The maximum atomic E-state index is 12.2. The predicted octanol–water partition coefficient (Wildman–Crippen LogP) is 1.41. The Kier molecular flexibility index (Phi) is 9.02. The average Bonchev–Trinajstić information content (AvgIpc) is 2.74. The van der Waals surface area contributed by atoms with E-state index in [1.54, 1.807) is 48.8 Å². The van der Waals surface area contributed by atoms with Crippen LogP contribution in [0.3, 0.4) is 0 Å². The molecule has 10 nitrogen and oxygen atoms in total. The Bertz CT molecular complexity index is 972. The average molecular weight is 424 g/mol. The number of nitrogens with zero attached hydrogens (tertiary/aromatic N) is 2. The summed E-state index contributed by atoms with van der Waals surface area (Å²) in [6, 6.07) is 8.78. The molecule has 10 heteroatoms. The first-order valence-electron chi connectivity index (χ1n) is 9.38. The fourth-order valence-corrected chi connectivity index (χ4v) is 2.69. The molecule has 1 heterocycles. The first-order valence-corrected chi connectivity index (χ1v) is 9.38. The molecule has 1 aromatic carbocycles. The number of rotatable bonds is 11. The lowest BCUT2D eigenvalue weighted by atomic mass is 10.0. The van der Waals surface area contributed by atoms with Gasteiger partial charge in [-0.05, 0) is 35.4 Å². The van der Waals surface area contributed by atoms with Crippen molar-refractivity contribution < 1.29 is 14.8 Å². The molecule has 0 aliphatic rings. The van der Waals surface area contributed by atoms with Gasteiger partial charge < -0.3 is 26.9 Å². The molecule has 162 valence electrons. The number of hydrogen-bond acceptors (Lipinski definition) is 8. The quantitative estimate of drug-likeness (QED) is 0.157. The Balaban J connectivity index is 1.91. The van der Waals surface area contributed by atoms with Gasteiger partial charge in [-0.2, -0.15) is 0 Å². The van der Waals surface area contributed by atoms with Gasteiger partial charge in [-0.3, -0.25) is 19.9 Å². The van der Waals surface area contributed by atoms with Gasteiger partial charge in [0.15, 0.2) is 0 Å². The molecule has 0 saturated heterocycles. The summed E-state index contributed by atoms with van der Waals surface area (Å²) in [5, 5.41) is 32.9. The van der Waals surface area contributed by atoms with Gasteiger partial charge >= 0.3 is 0 Å². The van der Waals surface area contributed by atoms with Crippen LogP contribution in [-0.2, 0) is 11.3 Å². The van der Waals surface area contributed by atoms with Crippen LogP contribution in [0.2, 0.25) is 0 Å². The van der Waals surface area contributed by atoms with Crippen molar-refractivity contribution in [1.82, 2.24) is 10.3 Å². The van der Waals surface area contributed by atoms with Crippen molar-refractivity contribution in [3.63, 3.8) is 0 Å². The van der Waals surface area contributed by atoms with E-state index in [2.05, 4.69) is 15.6 Å². The molecule has 0 aliphatic carbocycles. The van der Waals surface area contributed by atoms with Gasteiger partial charge in [0.1, 0.15) is 6.10 Å². The van der Waals surface area contributed by atoms with E-state index >= 15 is 0 Å². The summed E-state index contributed by atoms with van der Waals surface area (Å²) < 4.78 is 0. The Morgan fingerprint density at radius 2 is 2.06 bits per heavy atom. The number of aliphatic hydroxyl groups excluding tert-OH is 1. The maximum Gasteiger partial charge on any atom is 0.248 e. The van der Waals surface area contributed by atoms with Crippen molar-refractivity contribution in [2.45, 2.75) is 12.6 Å². The van der Waals surface area contributed by atoms with Crippen molar-refractivity contribution in [3.8, 4) is 0 Å². The lowest BCUT2D eigenvalue weighted by Crippen LogP contribution is -2.31. The van der Waals surface area contributed by atoms with E-state index in [4.69, 9.17) is 11.1 Å². The number of carbonyl (C=O) groups is 1. The summed E-state index contributed by atoms with van der Waals surface area (Å²) in [6.45, 7) is 0.0353. The van der Waals surface area contributed by atoms with E-state index in [1.807, 2.05) is 0 Å². The lowest BCUT2D eigenvalue weighted by molar-refractivity contribution is -0.489. The molecule has 0 fully saturated rings. The zero-order valence-corrected chi connectivity index (χ0v) is 16.7. The van der Waals surface area contributed by atoms with Crippen LogP contribution in [0.4, 0.5) is 5.69 Å². The van der Waals surface area contributed by atoms with Crippen molar-refractivity contribution in [3.05, 3.63) is 81.8 Å². The van der Waals surface area contributed by atoms with E-state index in [0.29, 0.717) is 28.9 Å². The third-order valence-corrected chi connectivity index (χ3v) is 4.20. The Morgan fingerprint density at radius 1 is 1.32 bits per heavy atom. The third-order valence-electron chi connectivity index (χ3n) is 4.20. The molecule has 1 amide bonds. The fraction of sp³-hybridized carbons (Fsp3) is 0.190. The minimum Gasteiger partial charge on any atom is -0.404 e. The zero-order valence-electron chi connectivity index (χ0n) is 16.7. The maximum absolute atomic E-state index is 12.2. The minimum atomic E-state index is -1.05. The van der Waals surface area contributed by atoms with Crippen LogP contribution in [0, 0.1) is 15.5 Å². The van der Waals surface area contributed by atoms with Crippen LogP contribution >= 0.6 is 0 Å². The molecule has 2 rings (SSSR count). The van der Waals surface area contributed by atoms with E-state index in [1.165, 1.54) is 12.3 Å². The summed E-state index contributed by atoms with van der Waals surface area (Å²) >= 11 is 0. The van der Waals surface area contributed by atoms with Gasteiger partial charge in [-0.25, -0.2) is 0 Å². The number of amides is 1. The van der Waals surface area contributed by atoms with E-state index in [9.17, 15) is 20.0 Å². The normalized spacial score (nSPS) is 12.5. The molecule has 0 spiro atoms. The predicted molar refractivity (Wildman–Crippen MR) is 119 cm³/mol. The largest absolute Gasteiger partial charge is 0.404 e. The van der Waals surface area contributed by atoms with Gasteiger partial charge in [-0.15, -0.1) is 0 Å². The van der Waals surface area contributed by atoms with Crippen LogP contribution in [0.25, 0.3) is 11.6 Å². The molecular weight excluding hydrogens is 400 g/mol. The van der Waals surface area contributed by atoms with E-state index < -0.39 is 17.6 Å². The number of aliphatic hydroxyl groups is 1. The Morgan fingerprint density at radius 3 is 2.71 bits per heavy atom. The van der Waals surface area contributed by atoms with Gasteiger partial charge in [0.25, 0.3) is 0 Å². The molecule has 0 saturated carbocycles. The summed E-state index contributed by atoms with van der Waals surface area (Å²) in [4.78, 5) is 26.0. The number of benzene rings is 1. The summed E-state index contributed by atoms with van der Waals surface area (Å²) in [5.41, 5.74) is 8.89. The fourth-order valence-electron chi connectivity index (χ4n) is 2.69. The highest BCUT2D eigenvalue weighted by molar-refractivity contribution is 6.10. The number of nitrogens with two attached hydrogens (primary N) is 1. The smallest absolute Gasteiger partial charge is 0.248 e. The topological polar surface area (TPSA) is 167 Å². The standard InChI is InChI=1S/C21H24N6O4/c22-9-17(10-23)20-7-8-24-12-16(20)3-6-21(29)26-18-4-1-15(2-5-18)11-25-13-19(28)14-27(30)31/h1-10,12,19,22,25,28H,11,13-14,23H2,(H,26,29)/b6-3+,17-10?,22-9?. The highest BCUT2D eigenvalue weighted by Gasteiger charge is 2.10. The molecule has 0 bridgehead atoms. The zero-order chi connectivity index (χ0) is 22.6. The number of hydrogen-bond donors (Lipinski definition) is 5. The number of aromatic nitrogens is 1. The number of allylic oxidation sites excluding steroid dienone is 1. The first kappa shape index (κ1) is 23.4. The van der Waals surface area contributed by atoms with Gasteiger partial charge in [0.2, 0.25) is 12.5 Å². The number of nitro groups is 1. The number of anilines is 1. The van der Waals surface area contributed by atoms with Crippen molar-refractivity contribution in [1.29, 1.82) is 5.41 Å². The summed E-state index contributed by atoms with van der Waals surface area (Å²) in [7, 11) is 0. The number of carbonyl (C=O) groups excluding carboxylic acids is 1. The van der Waals surface area contributed by atoms with Crippen molar-refractivity contribution in [2.75, 3.05) is 18.4 Å². The molecule has 1 atom stereocenters. The van der Waals surface area contributed by atoms with Gasteiger partial charge in [-0.1, -0.05) is 12.1 Å². The minimum absolute atomic E-state index is 0.111. The molecular formula is C21H24N6O4. The molecule has 31 heavy (non-hydrogen) atoms. The molecule has 1 aromatic heterocycles. The molecule has 0 radical (unpaired) electrons. The molecule has 6 N–H and O–H groups in total. The molecule has 1 unspecified atom stereocenters. The molecule has 0 aliphatic heterocycles. The van der Waals surface area contributed by atoms with E-state index in [-0.39, 0.29) is 12.5 Å². The second-order valence-electron chi connectivity index (χ2n) is 6.55. The first-order chi connectivity index (χ1) is 14.9. The van der Waals surface area contributed by atoms with Crippen LogP contribution in [0.15, 0.2) is 55.0 Å².